The molecule has 0 unspecified atom stereocenters. The molecule has 2 N–H and O–H groups in total. The van der Waals surface area contributed by atoms with Crippen molar-refractivity contribution in [3.63, 3.8) is 0 Å². The number of hydrogen-bond donors (Lipinski definition) is 1. The summed E-state index contributed by atoms with van der Waals surface area (Å²) in [4.78, 5) is 3.99. The fourth-order valence-corrected chi connectivity index (χ4v) is 2.14. The number of anilines is 1. The van der Waals surface area contributed by atoms with E-state index in [1.54, 1.807) is 6.07 Å². The van der Waals surface area contributed by atoms with Gasteiger partial charge in [-0.05, 0) is 12.1 Å². The van der Waals surface area contributed by atoms with E-state index in [1.165, 1.54) is 17.5 Å². The number of nitriles is 1. The fourth-order valence-electron chi connectivity index (χ4n) is 1.60. The lowest BCUT2D eigenvalue weighted by atomic mass is 10.2. The third-order valence-electron chi connectivity index (χ3n) is 2.34. The summed E-state index contributed by atoms with van der Waals surface area (Å²) >= 11 is 1.21. The summed E-state index contributed by atoms with van der Waals surface area (Å²) in [5.41, 5.74) is 6.18. The van der Waals surface area contributed by atoms with Crippen LogP contribution in [0, 0.1) is 11.3 Å². The Balaban J connectivity index is 2.13. The first kappa shape index (κ1) is 10.6. The van der Waals surface area contributed by atoms with Crippen molar-refractivity contribution in [2.45, 2.75) is 0 Å². The molecule has 0 saturated heterocycles. The van der Waals surface area contributed by atoms with Crippen LogP contribution in [0.25, 0.3) is 11.0 Å². The van der Waals surface area contributed by atoms with Gasteiger partial charge in [0.1, 0.15) is 16.7 Å². The average molecular weight is 257 g/mol. The summed E-state index contributed by atoms with van der Waals surface area (Å²) in [6.45, 7) is 0. The summed E-state index contributed by atoms with van der Waals surface area (Å²) in [5, 5.41) is 10.7. The second-order valence-corrected chi connectivity index (χ2v) is 4.52. The van der Waals surface area contributed by atoms with Crippen LogP contribution in [0.1, 0.15) is 5.76 Å². The number of nitrogens with zero attached hydrogens (tertiary/aromatic N) is 2. The number of hydrogen-bond acceptors (Lipinski definition) is 6. The molecule has 18 heavy (non-hydrogen) atoms. The quantitative estimate of drug-likeness (QED) is 0.762. The molecule has 88 valence electrons. The number of para-hydroxylation sites is 1. The predicted molar refractivity (Wildman–Crippen MR) is 67.5 cm³/mol. The minimum absolute atomic E-state index is 0.130. The van der Waals surface area contributed by atoms with Crippen LogP contribution in [0.5, 0.6) is 10.9 Å². The summed E-state index contributed by atoms with van der Waals surface area (Å²) < 4.78 is 11.0. The average Bonchev–Trinajstić information content (AvgIpc) is 2.94. The normalized spacial score (nSPS) is 10.4. The van der Waals surface area contributed by atoms with Gasteiger partial charge in [0.15, 0.2) is 5.75 Å². The fraction of sp³-hybridized carbons (Fsp3) is 0. The molecule has 1 aromatic carbocycles. The maximum absolute atomic E-state index is 9.04. The highest BCUT2D eigenvalue weighted by Crippen LogP contribution is 2.37. The lowest BCUT2D eigenvalue weighted by Gasteiger charge is -1.98. The summed E-state index contributed by atoms with van der Waals surface area (Å²) in [6.07, 6.45) is 1.51. The first-order valence-corrected chi connectivity index (χ1v) is 5.90. The van der Waals surface area contributed by atoms with Gasteiger partial charge in [0, 0.05) is 0 Å². The molecule has 2 aromatic heterocycles. The van der Waals surface area contributed by atoms with E-state index in [9.17, 15) is 0 Å². The lowest BCUT2D eigenvalue weighted by molar-refractivity contribution is 0.464. The van der Waals surface area contributed by atoms with Gasteiger partial charge in [0.25, 0.3) is 5.19 Å². The number of thiazole rings is 1. The smallest absolute Gasteiger partial charge is 0.280 e. The van der Waals surface area contributed by atoms with E-state index in [1.807, 2.05) is 24.3 Å². The highest BCUT2D eigenvalue weighted by molar-refractivity contribution is 7.17. The van der Waals surface area contributed by atoms with Crippen LogP contribution in [0.4, 0.5) is 5.00 Å². The molecular formula is C12H7N3O2S. The molecule has 6 heteroatoms. The predicted octanol–water partition coefficient (Wildman–Crippen LogP) is 3.14. The van der Waals surface area contributed by atoms with Crippen LogP contribution in [-0.2, 0) is 0 Å². The molecule has 0 atom stereocenters. The molecule has 0 aliphatic rings. The molecule has 0 bridgehead atoms. The van der Waals surface area contributed by atoms with Crippen molar-refractivity contribution in [3.05, 3.63) is 36.2 Å². The highest BCUT2D eigenvalue weighted by Gasteiger charge is 2.17. The third kappa shape index (κ3) is 1.67. The van der Waals surface area contributed by atoms with E-state index < -0.39 is 0 Å². The van der Waals surface area contributed by atoms with Crippen LogP contribution in [0.3, 0.4) is 0 Å². The number of benzene rings is 1. The highest BCUT2D eigenvalue weighted by atomic mass is 32.1. The van der Waals surface area contributed by atoms with Crippen molar-refractivity contribution >= 4 is 27.3 Å². The zero-order valence-electron chi connectivity index (χ0n) is 9.08. The standard InChI is InChI=1S/C12H7N3O2S/c13-5-9-11(17-12-15-6-10(14)18-12)7-3-1-2-4-8(7)16-9/h1-4,6H,14H2. The molecule has 2 heterocycles. The van der Waals surface area contributed by atoms with Gasteiger partial charge in [-0.3, -0.25) is 0 Å². The van der Waals surface area contributed by atoms with Crippen molar-refractivity contribution in [2.24, 2.45) is 0 Å². The largest absolute Gasteiger partial charge is 0.442 e. The molecule has 3 rings (SSSR count). The Hall–Kier alpha value is -2.52. The molecule has 0 saturated carbocycles. The van der Waals surface area contributed by atoms with Gasteiger partial charge in [-0.15, -0.1) is 0 Å². The van der Waals surface area contributed by atoms with E-state index in [-0.39, 0.29) is 5.76 Å². The van der Waals surface area contributed by atoms with Gasteiger partial charge in [-0.25, -0.2) is 4.98 Å². The van der Waals surface area contributed by atoms with E-state index in [0.29, 0.717) is 21.5 Å². The molecule has 0 aliphatic carbocycles. The Bertz CT molecular complexity index is 754. The lowest BCUT2D eigenvalue weighted by Crippen LogP contribution is -1.83. The maximum atomic E-state index is 9.04. The Morgan fingerprint density at radius 2 is 2.22 bits per heavy atom. The first-order chi connectivity index (χ1) is 8.78. The van der Waals surface area contributed by atoms with Crippen molar-refractivity contribution in [1.29, 1.82) is 5.26 Å². The van der Waals surface area contributed by atoms with E-state index >= 15 is 0 Å². The van der Waals surface area contributed by atoms with Crippen LogP contribution in [0.15, 0.2) is 34.9 Å². The monoisotopic (exact) mass is 257 g/mol. The Morgan fingerprint density at radius 3 is 2.94 bits per heavy atom. The molecular weight excluding hydrogens is 250 g/mol. The maximum Gasteiger partial charge on any atom is 0.280 e. The number of furan rings is 1. The molecule has 3 aromatic rings. The van der Waals surface area contributed by atoms with Crippen LogP contribution < -0.4 is 10.5 Å². The Kier molecular flexibility index (Phi) is 2.39. The number of fused-ring (bicyclic) bond motifs is 1. The molecule has 5 nitrogen and oxygen atoms in total. The molecule has 0 aliphatic heterocycles. The summed E-state index contributed by atoms with van der Waals surface area (Å²) in [7, 11) is 0. The summed E-state index contributed by atoms with van der Waals surface area (Å²) in [5.74, 6) is 0.507. The first-order valence-electron chi connectivity index (χ1n) is 5.08. The van der Waals surface area contributed by atoms with Gasteiger partial charge in [0.2, 0.25) is 5.76 Å². The van der Waals surface area contributed by atoms with Gasteiger partial charge >= 0.3 is 0 Å². The van der Waals surface area contributed by atoms with Crippen LogP contribution in [-0.4, -0.2) is 4.98 Å². The van der Waals surface area contributed by atoms with Crippen LogP contribution in [0.2, 0.25) is 0 Å². The molecule has 0 spiro atoms. The second-order valence-electron chi connectivity index (χ2n) is 3.50. The molecule has 0 amide bonds. The van der Waals surface area contributed by atoms with Crippen molar-refractivity contribution in [2.75, 3.05) is 5.73 Å². The zero-order valence-corrected chi connectivity index (χ0v) is 9.90. The Morgan fingerprint density at radius 1 is 1.39 bits per heavy atom. The van der Waals surface area contributed by atoms with Gasteiger partial charge in [-0.1, -0.05) is 23.5 Å². The topological polar surface area (TPSA) is 85.1 Å². The van der Waals surface area contributed by atoms with E-state index in [4.69, 9.17) is 20.1 Å². The number of rotatable bonds is 2. The van der Waals surface area contributed by atoms with Crippen molar-refractivity contribution in [3.8, 4) is 17.0 Å². The van der Waals surface area contributed by atoms with Gasteiger partial charge < -0.3 is 14.9 Å². The minimum atomic E-state index is 0.130. The SMILES string of the molecule is N#Cc1oc2ccccc2c1Oc1ncc(N)s1. The number of ether oxygens (including phenoxy) is 1. The minimum Gasteiger partial charge on any atom is -0.442 e. The second kappa shape index (κ2) is 4.05. The molecule has 0 radical (unpaired) electrons. The number of nitrogens with two attached hydrogens (primary N) is 1. The third-order valence-corrected chi connectivity index (χ3v) is 3.05. The van der Waals surface area contributed by atoms with E-state index in [2.05, 4.69) is 4.98 Å². The van der Waals surface area contributed by atoms with Crippen molar-refractivity contribution < 1.29 is 9.15 Å². The van der Waals surface area contributed by atoms with Crippen molar-refractivity contribution in [1.82, 2.24) is 4.98 Å². The zero-order chi connectivity index (χ0) is 12.5. The molecule has 0 fully saturated rings. The summed E-state index contributed by atoms with van der Waals surface area (Å²) in [6, 6.07) is 9.25. The number of aromatic nitrogens is 1. The van der Waals surface area contributed by atoms with Gasteiger partial charge in [-0.2, -0.15) is 5.26 Å². The Labute approximate surface area is 106 Å². The van der Waals surface area contributed by atoms with Gasteiger partial charge in [0.05, 0.1) is 11.6 Å². The number of nitrogen functional groups attached to an aromatic ring is 1. The van der Waals surface area contributed by atoms with Crippen LogP contribution >= 0.6 is 11.3 Å². The van der Waals surface area contributed by atoms with E-state index in [0.717, 1.165) is 5.39 Å².